The fourth-order valence-electron chi connectivity index (χ4n) is 4.50. The van der Waals surface area contributed by atoms with Crippen molar-refractivity contribution in [1.29, 1.82) is 0 Å². The largest absolute Gasteiger partial charge is 0.783 e. The number of fused-ring (bicyclic) bond motifs is 4. The van der Waals surface area contributed by atoms with Gasteiger partial charge in [0.15, 0.2) is 29.1 Å². The van der Waals surface area contributed by atoms with Crippen LogP contribution in [0.3, 0.4) is 0 Å². The van der Waals surface area contributed by atoms with Crippen molar-refractivity contribution in [3.63, 3.8) is 0 Å². The van der Waals surface area contributed by atoms with Crippen molar-refractivity contribution in [3.05, 3.63) is 51.2 Å². The summed E-state index contributed by atoms with van der Waals surface area (Å²) < 4.78 is 41.7. The Labute approximate surface area is 320 Å². The number of rotatable bonds is 6. The molecule has 0 amide bonds. The van der Waals surface area contributed by atoms with Crippen LogP contribution < -0.4 is 44.1 Å². The van der Waals surface area contributed by atoms with Gasteiger partial charge in [0.2, 0.25) is 11.9 Å². The van der Waals surface area contributed by atoms with Gasteiger partial charge in [0.1, 0.15) is 5.69 Å². The van der Waals surface area contributed by atoms with E-state index in [1.807, 2.05) is 0 Å². The molecular weight excluding hydrogens is 978 g/mol. The van der Waals surface area contributed by atoms with Gasteiger partial charge >= 0.3 is 15.6 Å². The van der Waals surface area contributed by atoms with Crippen LogP contribution in [0.2, 0.25) is 0 Å². The molecule has 0 aromatic carbocycles. The van der Waals surface area contributed by atoms with Crippen LogP contribution in [0.1, 0.15) is 0 Å². The minimum atomic E-state index is -4.69. The molecule has 4 aliphatic rings. The second-order valence-corrected chi connectivity index (χ2v) is 14.1. The molecule has 0 bridgehead atoms. The SMILES string of the molecule is Nc1nc2c(c(=O)[nH]1)=N[C@H]1C([S-])=C([S-])[C@@H](COP(=O)(O)O)O[C@H]1N=2.Nc1nc2c(c(=O)[nH]1)N[C@H]1C([S-])=C([S-])[C@@H](COP(=O)(O)O)O[C@H]1N2.O.O.[W]. The van der Waals surface area contributed by atoms with Crippen LogP contribution in [0.15, 0.2) is 39.2 Å². The number of nitrogens with one attached hydrogen (secondary N) is 4. The Kier molecular flexibility index (Phi) is 15.1. The number of aromatic amines is 2. The van der Waals surface area contributed by atoms with E-state index in [9.17, 15) is 18.7 Å². The summed E-state index contributed by atoms with van der Waals surface area (Å²) in [5, 5.41) is 5.72. The molecule has 6 heterocycles. The predicted octanol–water partition coefficient (Wildman–Crippen LogP) is -5.84. The first kappa shape index (κ1) is 44.8. The van der Waals surface area contributed by atoms with Gasteiger partial charge in [-0.2, -0.15) is 29.6 Å². The summed E-state index contributed by atoms with van der Waals surface area (Å²) in [6, 6.07) is -1.43. The first-order valence-corrected chi connectivity index (χ1v) is 17.6. The van der Waals surface area contributed by atoms with Crippen LogP contribution in [-0.2, 0) is 99.2 Å². The molecule has 0 saturated heterocycles. The molecule has 4 aliphatic heterocycles. The van der Waals surface area contributed by atoms with Crippen LogP contribution in [0.4, 0.5) is 23.4 Å². The maximum Gasteiger partial charge on any atom is 0.469 e. The molecule has 0 fully saturated rings. The van der Waals surface area contributed by atoms with E-state index in [4.69, 9.17) is 91.0 Å². The van der Waals surface area contributed by atoms with Crippen molar-refractivity contribution >= 4 is 89.6 Å². The van der Waals surface area contributed by atoms with Crippen molar-refractivity contribution < 1.29 is 79.2 Å². The van der Waals surface area contributed by atoms with Gasteiger partial charge in [0.05, 0.1) is 37.5 Å². The molecule has 0 spiro atoms. The van der Waals surface area contributed by atoms with Gasteiger partial charge in [-0.15, -0.1) is 0 Å². The summed E-state index contributed by atoms with van der Waals surface area (Å²) in [6.45, 7) is -0.967. The van der Waals surface area contributed by atoms with Crippen molar-refractivity contribution in [2.45, 2.75) is 36.7 Å². The van der Waals surface area contributed by atoms with Gasteiger partial charge in [-0.3, -0.25) is 33.6 Å². The first-order chi connectivity index (χ1) is 22.3. The Hall–Kier alpha value is -2.33. The molecule has 0 aliphatic carbocycles. The van der Waals surface area contributed by atoms with Gasteiger partial charge in [0, 0.05) is 21.1 Å². The normalized spacial score (nSPS) is 24.6. The Bertz CT molecular complexity index is 2050. The smallest absolute Gasteiger partial charge is 0.469 e. The van der Waals surface area contributed by atoms with Gasteiger partial charge in [0.25, 0.3) is 11.1 Å². The van der Waals surface area contributed by atoms with E-state index in [0.717, 1.165) is 0 Å². The number of phosphoric ester groups is 2. The monoisotopic (exact) mass is 1000 g/mol. The fourth-order valence-corrected chi connectivity index (χ4v) is 6.27. The zero-order valence-electron chi connectivity index (χ0n) is 24.8. The summed E-state index contributed by atoms with van der Waals surface area (Å²) in [5.41, 5.74) is 10.0. The third-order valence-corrected chi connectivity index (χ3v) is 9.66. The van der Waals surface area contributed by atoms with Gasteiger partial charge < -0.3 is 113 Å². The van der Waals surface area contributed by atoms with Crippen LogP contribution in [0.5, 0.6) is 0 Å². The summed E-state index contributed by atoms with van der Waals surface area (Å²) in [6.07, 6.45) is -3.63. The number of H-pyrrole nitrogens is 2. The van der Waals surface area contributed by atoms with Crippen LogP contribution in [-0.4, -0.2) is 100 Å². The summed E-state index contributed by atoms with van der Waals surface area (Å²) in [7, 11) is -9.37. The molecule has 2 aromatic rings. The number of aromatic nitrogens is 4. The number of nitrogens with two attached hydrogens (primary N) is 2. The number of ether oxygens (including phenoxy) is 2. The predicted molar refractivity (Wildman–Crippen MR) is 180 cm³/mol. The van der Waals surface area contributed by atoms with Gasteiger partial charge in [-0.1, -0.05) is 0 Å². The van der Waals surface area contributed by atoms with Crippen LogP contribution in [0.25, 0.3) is 0 Å². The van der Waals surface area contributed by atoms with E-state index in [2.05, 4.69) is 49.6 Å². The fraction of sp³-hybridized carbons (Fsp3) is 0.400. The van der Waals surface area contributed by atoms with Crippen LogP contribution in [0, 0.1) is 0 Å². The zero-order chi connectivity index (χ0) is 35.3. The molecule has 0 unspecified atom stereocenters. The minimum Gasteiger partial charge on any atom is -0.783 e. The van der Waals surface area contributed by atoms with E-state index in [1.54, 1.807) is 0 Å². The summed E-state index contributed by atoms with van der Waals surface area (Å²) in [5.74, 6) is -0.0454. The molecule has 0 radical (unpaired) electrons. The van der Waals surface area contributed by atoms with E-state index < -0.39 is 76.7 Å². The van der Waals surface area contributed by atoms with E-state index in [-0.39, 0.29) is 85.9 Å². The molecule has 24 nitrogen and oxygen atoms in total. The molecule has 2 aromatic heterocycles. The van der Waals surface area contributed by atoms with Gasteiger partial charge in [-0.05, 0) is 0 Å². The molecule has 0 saturated carbocycles. The van der Waals surface area contributed by atoms with Crippen molar-refractivity contribution in [1.82, 2.24) is 19.9 Å². The van der Waals surface area contributed by atoms with Crippen molar-refractivity contribution in [3.8, 4) is 0 Å². The Balaban J connectivity index is 0.000000334. The van der Waals surface area contributed by atoms with E-state index in [1.165, 1.54) is 0 Å². The topological polar surface area (TPSA) is 407 Å². The van der Waals surface area contributed by atoms with Crippen molar-refractivity contribution in [2.75, 3.05) is 35.3 Å². The first-order valence-electron chi connectivity index (χ1n) is 12.9. The number of phosphoric acid groups is 2. The number of hydrogen-bond donors (Lipinski definition) is 10. The maximum atomic E-state index is 11.9. The van der Waals surface area contributed by atoms with Gasteiger partial charge in [-0.25, -0.2) is 14.1 Å². The summed E-state index contributed by atoms with van der Waals surface area (Å²) >= 11 is 20.8. The third kappa shape index (κ3) is 10.4. The quantitative estimate of drug-likeness (QED) is 0.0952. The molecule has 16 N–H and O–H groups in total. The molecule has 51 heavy (non-hydrogen) atoms. The summed E-state index contributed by atoms with van der Waals surface area (Å²) in [4.78, 5) is 80.5. The number of nitrogen functional groups attached to an aromatic ring is 2. The minimum absolute atomic E-state index is 0. The zero-order valence-corrected chi connectivity index (χ0v) is 32.8. The number of hydrogen-bond acceptors (Lipinski definition) is 20. The Morgan fingerprint density at radius 2 is 1.29 bits per heavy atom. The number of anilines is 4. The van der Waals surface area contributed by atoms with Crippen molar-refractivity contribution in [2.24, 2.45) is 9.98 Å². The maximum absolute atomic E-state index is 11.9. The Morgan fingerprint density at radius 3 is 1.88 bits per heavy atom. The molecule has 284 valence electrons. The standard InChI is InChI=1S/C10H14N5O6PS2.C10H12N5O6PS2.2H2O.W/c2*11-10-14-7-4(8(16)15-10)12-3-6(24)5(23)2(21-9(3)13-7)1-20-22(17,18)19;;;/h2-3,9,12,23-24H,1H2,(H2,17,18,19)(H4,11,13,14,15,16);2-3,9,23-24H,1H2,(H2,17,18,19)(H3,11,13,14,15,16);2*1H2;/p-4/t2*2-,3+,9-;;;/m11.../s1. The van der Waals surface area contributed by atoms with E-state index in [0.29, 0.717) is 0 Å². The molecule has 6 rings (SSSR count). The van der Waals surface area contributed by atoms with E-state index >= 15 is 0 Å². The molecule has 31 heteroatoms. The Morgan fingerprint density at radius 1 is 0.765 bits per heavy atom. The van der Waals surface area contributed by atoms with Crippen LogP contribution >= 0.6 is 15.6 Å². The molecule has 6 atom stereocenters. The third-order valence-electron chi connectivity index (χ3n) is 6.53. The second kappa shape index (κ2) is 17.2. The number of nitrogens with zero attached hydrogens (tertiary/aromatic N) is 4. The molecular formula is C20H26N10O14P2S4W-4. The average molecular weight is 1000 g/mol. The second-order valence-electron chi connectivity index (χ2n) is 9.86. The average Bonchev–Trinajstić information content (AvgIpc) is 2.97.